The third-order valence-electron chi connectivity index (χ3n) is 3.03. The molecule has 1 amide bonds. The van der Waals surface area contributed by atoms with Crippen molar-refractivity contribution in [3.63, 3.8) is 0 Å². The Morgan fingerprint density at radius 1 is 1.25 bits per heavy atom. The molecule has 2 atom stereocenters. The highest BCUT2D eigenvalue weighted by Gasteiger charge is 2.44. The maximum absolute atomic E-state index is 13.1. The Bertz CT molecular complexity index is 387. The number of hydrogen-bond donors (Lipinski definition) is 1. The topological polar surface area (TPSA) is 66.8 Å². The number of carbonyl (C=O) groups excluding carboxylic acids is 1. The molecule has 2 unspecified atom stereocenters. The number of hydrogen-bond acceptors (Lipinski definition) is 3. The fourth-order valence-electron chi connectivity index (χ4n) is 2.29. The molecule has 1 fully saturated rings. The van der Waals surface area contributed by atoms with Crippen LogP contribution in [0.3, 0.4) is 0 Å². The number of carbonyl (C=O) groups is 2. The standard InChI is InChI=1S/C13H21F2NO4/c1-12(2,3)20-11(19)16-6-8(5-13(4,14)15)9(7-16)10(17)18/h8-9H,5-7H2,1-4H3,(H,17,18). The van der Waals surface area contributed by atoms with Gasteiger partial charge in [-0.3, -0.25) is 4.79 Å². The molecule has 0 saturated carbocycles. The molecule has 7 heteroatoms. The minimum Gasteiger partial charge on any atom is -0.481 e. The predicted octanol–water partition coefficient (Wildman–Crippen LogP) is 2.60. The molecule has 20 heavy (non-hydrogen) atoms. The van der Waals surface area contributed by atoms with E-state index in [2.05, 4.69) is 0 Å². The first-order chi connectivity index (χ1) is 8.89. The minimum atomic E-state index is -2.96. The molecular formula is C13H21F2NO4. The van der Waals surface area contributed by atoms with Gasteiger partial charge in [-0.25, -0.2) is 13.6 Å². The second-order valence-corrected chi connectivity index (χ2v) is 6.36. The van der Waals surface area contributed by atoms with E-state index in [4.69, 9.17) is 9.84 Å². The Morgan fingerprint density at radius 3 is 2.20 bits per heavy atom. The largest absolute Gasteiger partial charge is 0.481 e. The van der Waals surface area contributed by atoms with E-state index in [1.807, 2.05) is 0 Å². The van der Waals surface area contributed by atoms with Gasteiger partial charge < -0.3 is 14.7 Å². The second-order valence-electron chi connectivity index (χ2n) is 6.36. The number of rotatable bonds is 3. The Hall–Kier alpha value is -1.40. The first kappa shape index (κ1) is 16.7. The van der Waals surface area contributed by atoms with Crippen LogP contribution in [0, 0.1) is 11.8 Å². The third-order valence-corrected chi connectivity index (χ3v) is 3.03. The van der Waals surface area contributed by atoms with Crippen LogP contribution >= 0.6 is 0 Å². The first-order valence-electron chi connectivity index (χ1n) is 6.47. The van der Waals surface area contributed by atoms with Crippen molar-refractivity contribution in [3.8, 4) is 0 Å². The number of nitrogens with zero attached hydrogens (tertiary/aromatic N) is 1. The van der Waals surface area contributed by atoms with Gasteiger partial charge in [0.25, 0.3) is 0 Å². The summed E-state index contributed by atoms with van der Waals surface area (Å²) in [7, 11) is 0. The SMILES string of the molecule is CC(F)(F)CC1CN(C(=O)OC(C)(C)C)CC1C(=O)O. The van der Waals surface area contributed by atoms with Crippen LogP contribution in [0.15, 0.2) is 0 Å². The monoisotopic (exact) mass is 293 g/mol. The van der Waals surface area contributed by atoms with Crippen molar-refractivity contribution in [2.75, 3.05) is 13.1 Å². The van der Waals surface area contributed by atoms with Gasteiger partial charge in [0.05, 0.1) is 5.92 Å². The second kappa shape index (κ2) is 5.54. The van der Waals surface area contributed by atoms with E-state index in [0.717, 1.165) is 6.92 Å². The summed E-state index contributed by atoms with van der Waals surface area (Å²) in [5, 5.41) is 9.09. The number of alkyl halides is 2. The van der Waals surface area contributed by atoms with Gasteiger partial charge in [0.15, 0.2) is 0 Å². The van der Waals surface area contributed by atoms with E-state index in [9.17, 15) is 18.4 Å². The Balaban J connectivity index is 2.75. The van der Waals surface area contributed by atoms with E-state index in [-0.39, 0.29) is 13.1 Å². The van der Waals surface area contributed by atoms with Crippen LogP contribution in [-0.2, 0) is 9.53 Å². The third kappa shape index (κ3) is 4.94. The lowest BCUT2D eigenvalue weighted by Crippen LogP contribution is -2.36. The van der Waals surface area contributed by atoms with Crippen LogP contribution in [0.2, 0.25) is 0 Å². The summed E-state index contributed by atoms with van der Waals surface area (Å²) >= 11 is 0. The van der Waals surface area contributed by atoms with Gasteiger partial charge in [0.2, 0.25) is 5.92 Å². The molecule has 1 rings (SSSR count). The van der Waals surface area contributed by atoms with E-state index >= 15 is 0 Å². The zero-order chi connectivity index (χ0) is 15.7. The van der Waals surface area contributed by atoms with Gasteiger partial charge in [0.1, 0.15) is 5.60 Å². The van der Waals surface area contributed by atoms with Crippen molar-refractivity contribution in [1.82, 2.24) is 4.90 Å². The number of halogens is 2. The number of likely N-dealkylation sites (tertiary alicyclic amines) is 1. The fraction of sp³-hybridized carbons (Fsp3) is 0.846. The molecule has 0 bridgehead atoms. The van der Waals surface area contributed by atoms with E-state index in [1.165, 1.54) is 4.90 Å². The summed E-state index contributed by atoms with van der Waals surface area (Å²) in [4.78, 5) is 24.2. The molecule has 1 saturated heterocycles. The summed E-state index contributed by atoms with van der Waals surface area (Å²) in [5.41, 5.74) is -0.706. The first-order valence-corrected chi connectivity index (χ1v) is 6.47. The summed E-state index contributed by atoms with van der Waals surface area (Å²) in [5.74, 6) is -5.86. The number of amides is 1. The highest BCUT2D eigenvalue weighted by molar-refractivity contribution is 5.74. The maximum atomic E-state index is 13.1. The van der Waals surface area contributed by atoms with Crippen LogP contribution in [0.25, 0.3) is 0 Å². The predicted molar refractivity (Wildman–Crippen MR) is 67.7 cm³/mol. The van der Waals surface area contributed by atoms with Crippen LogP contribution in [0.4, 0.5) is 13.6 Å². The van der Waals surface area contributed by atoms with Gasteiger partial charge in [-0.2, -0.15) is 0 Å². The number of carboxylic acid groups (broad SMARTS) is 1. The van der Waals surface area contributed by atoms with Crippen molar-refractivity contribution >= 4 is 12.1 Å². The van der Waals surface area contributed by atoms with E-state index < -0.39 is 41.8 Å². The number of ether oxygens (including phenoxy) is 1. The fourth-order valence-corrected chi connectivity index (χ4v) is 2.29. The Labute approximate surface area is 116 Å². The molecule has 0 spiro atoms. The Kier molecular flexibility index (Phi) is 4.61. The average Bonchev–Trinajstić information content (AvgIpc) is 2.56. The smallest absolute Gasteiger partial charge is 0.410 e. The van der Waals surface area contributed by atoms with Crippen LogP contribution in [0.1, 0.15) is 34.1 Å². The molecule has 0 aromatic carbocycles. The van der Waals surface area contributed by atoms with Crippen molar-refractivity contribution in [2.45, 2.75) is 45.6 Å². The van der Waals surface area contributed by atoms with E-state index in [1.54, 1.807) is 20.8 Å². The molecule has 1 heterocycles. The normalized spacial score (nSPS) is 23.8. The highest BCUT2D eigenvalue weighted by atomic mass is 19.3. The van der Waals surface area contributed by atoms with Crippen molar-refractivity contribution in [1.29, 1.82) is 0 Å². The summed E-state index contributed by atoms with van der Waals surface area (Å²) in [6.45, 7) is 5.70. The van der Waals surface area contributed by atoms with Gasteiger partial charge in [-0.1, -0.05) is 0 Å². The molecule has 1 aliphatic rings. The van der Waals surface area contributed by atoms with Crippen molar-refractivity contribution in [3.05, 3.63) is 0 Å². The summed E-state index contributed by atoms with van der Waals surface area (Å²) < 4.78 is 31.3. The van der Waals surface area contributed by atoms with Crippen LogP contribution in [0.5, 0.6) is 0 Å². The summed E-state index contributed by atoms with van der Waals surface area (Å²) in [6.07, 6.45) is -1.21. The maximum Gasteiger partial charge on any atom is 0.410 e. The van der Waals surface area contributed by atoms with Gasteiger partial charge in [-0.15, -0.1) is 0 Å². The molecule has 5 nitrogen and oxygen atoms in total. The van der Waals surface area contributed by atoms with Crippen LogP contribution in [-0.4, -0.2) is 46.7 Å². The van der Waals surface area contributed by atoms with Gasteiger partial charge in [-0.05, 0) is 33.6 Å². The quantitative estimate of drug-likeness (QED) is 0.868. The lowest BCUT2D eigenvalue weighted by molar-refractivity contribution is -0.143. The van der Waals surface area contributed by atoms with E-state index in [0.29, 0.717) is 0 Å². The number of aliphatic carboxylic acids is 1. The van der Waals surface area contributed by atoms with Crippen molar-refractivity contribution < 1.29 is 28.2 Å². The lowest BCUT2D eigenvalue weighted by Gasteiger charge is -2.24. The molecule has 116 valence electrons. The zero-order valence-corrected chi connectivity index (χ0v) is 12.2. The van der Waals surface area contributed by atoms with Gasteiger partial charge in [0, 0.05) is 19.5 Å². The summed E-state index contributed by atoms with van der Waals surface area (Å²) in [6, 6.07) is 0. The highest BCUT2D eigenvalue weighted by Crippen LogP contribution is 2.33. The molecule has 1 aliphatic heterocycles. The number of carboxylic acids is 1. The van der Waals surface area contributed by atoms with Gasteiger partial charge >= 0.3 is 12.1 Å². The molecular weight excluding hydrogens is 272 g/mol. The molecule has 0 radical (unpaired) electrons. The average molecular weight is 293 g/mol. The molecule has 1 N–H and O–H groups in total. The Morgan fingerprint density at radius 2 is 1.80 bits per heavy atom. The minimum absolute atomic E-state index is 0.0185. The molecule has 0 aliphatic carbocycles. The lowest BCUT2D eigenvalue weighted by atomic mass is 9.91. The molecule has 0 aromatic rings. The van der Waals surface area contributed by atoms with Crippen molar-refractivity contribution in [2.24, 2.45) is 11.8 Å². The zero-order valence-electron chi connectivity index (χ0n) is 12.2. The molecule has 0 aromatic heterocycles. The van der Waals surface area contributed by atoms with Crippen LogP contribution < -0.4 is 0 Å².